The zero-order chi connectivity index (χ0) is 26.8. The lowest BCUT2D eigenvalue weighted by Gasteiger charge is -2.55. The number of thioether (sulfide) groups is 1. The summed E-state index contributed by atoms with van der Waals surface area (Å²) in [4.78, 5) is 29.0. The summed E-state index contributed by atoms with van der Waals surface area (Å²) in [5.41, 5.74) is 3.32. The molecule has 0 N–H and O–H groups in total. The number of esters is 1. The molecule has 0 atom stereocenters. The molecule has 2 aromatic rings. The largest absolute Gasteiger partial charge is 0.493 e. The predicted molar refractivity (Wildman–Crippen MR) is 159 cm³/mol. The minimum Gasteiger partial charge on any atom is -0.493 e. The SMILES string of the molecule is COc1cc(/C=C2/SC(=S)N(c3ccc(C)cc3C)C2=O)cc(Br)c1OC(=O)C12CC3CC(CC(C3)C1)C2. The highest BCUT2D eigenvalue weighted by molar-refractivity contribution is 9.10. The molecule has 0 spiro atoms. The van der Waals surface area contributed by atoms with Gasteiger partial charge in [-0.05, 0) is 121 Å². The summed E-state index contributed by atoms with van der Waals surface area (Å²) >= 11 is 10.5. The number of thiocarbonyl (C=S) groups is 1. The topological polar surface area (TPSA) is 55.8 Å². The van der Waals surface area contributed by atoms with E-state index in [4.69, 9.17) is 21.7 Å². The highest BCUT2D eigenvalue weighted by atomic mass is 79.9. The first kappa shape index (κ1) is 26.1. The van der Waals surface area contributed by atoms with Gasteiger partial charge >= 0.3 is 5.97 Å². The number of anilines is 1. The van der Waals surface area contributed by atoms with Gasteiger partial charge in [0.1, 0.15) is 0 Å². The standard InChI is InChI=1S/C30H30BrNO4S2/c1-16-4-5-23(17(2)6-16)32-27(33)25(38-29(32)37)12-18-10-22(31)26(24(11-18)35-3)36-28(34)30-13-19-7-20(14-30)9-21(8-19)15-30/h4-6,10-12,19-21H,7-9,13-15H2,1-3H3/b25-12+. The van der Waals surface area contributed by atoms with E-state index in [0.29, 0.717) is 43.0 Å². The summed E-state index contributed by atoms with van der Waals surface area (Å²) in [6.07, 6.45) is 8.44. The Morgan fingerprint density at radius 1 is 1.11 bits per heavy atom. The molecule has 0 aromatic heterocycles. The number of nitrogens with zero attached hydrogens (tertiary/aromatic N) is 1. The third-order valence-corrected chi connectivity index (χ3v) is 10.5. The Hall–Kier alpha value is -2.16. The number of rotatable bonds is 5. The van der Waals surface area contributed by atoms with Crippen LogP contribution < -0.4 is 14.4 Å². The van der Waals surface area contributed by atoms with Crippen LogP contribution in [0.15, 0.2) is 39.7 Å². The predicted octanol–water partition coefficient (Wildman–Crippen LogP) is 7.60. The van der Waals surface area contributed by atoms with Gasteiger partial charge in [0.2, 0.25) is 0 Å². The van der Waals surface area contributed by atoms with Gasteiger partial charge in [0.05, 0.1) is 27.6 Å². The lowest BCUT2D eigenvalue weighted by atomic mass is 9.49. The van der Waals surface area contributed by atoms with Gasteiger partial charge in [-0.15, -0.1) is 0 Å². The Kier molecular flexibility index (Phi) is 6.72. The van der Waals surface area contributed by atoms with E-state index in [1.807, 2.05) is 38.1 Å². The van der Waals surface area contributed by atoms with Crippen molar-refractivity contribution in [2.24, 2.45) is 23.2 Å². The fourth-order valence-corrected chi connectivity index (χ4v) is 9.19. The van der Waals surface area contributed by atoms with Gasteiger partial charge < -0.3 is 9.47 Å². The minimum atomic E-state index is -0.361. The molecule has 1 saturated heterocycles. The van der Waals surface area contributed by atoms with Crippen LogP contribution in [0.5, 0.6) is 11.5 Å². The maximum Gasteiger partial charge on any atom is 0.317 e. The third-order valence-electron chi connectivity index (χ3n) is 8.60. The number of hydrogen-bond acceptors (Lipinski definition) is 6. The second-order valence-electron chi connectivity index (χ2n) is 11.4. The third kappa shape index (κ3) is 4.52. The van der Waals surface area contributed by atoms with Gasteiger partial charge in [0.15, 0.2) is 15.8 Å². The summed E-state index contributed by atoms with van der Waals surface area (Å²) < 4.78 is 12.8. The van der Waals surface area contributed by atoms with Crippen molar-refractivity contribution in [1.82, 2.24) is 0 Å². The monoisotopic (exact) mass is 611 g/mol. The van der Waals surface area contributed by atoms with Crippen LogP contribution in [0, 0.1) is 37.0 Å². The maximum atomic E-state index is 13.6. The van der Waals surface area contributed by atoms with Crippen LogP contribution in [0.1, 0.15) is 55.2 Å². The maximum absolute atomic E-state index is 13.6. The van der Waals surface area contributed by atoms with Crippen molar-refractivity contribution in [3.05, 3.63) is 56.4 Å². The number of benzene rings is 2. The lowest BCUT2D eigenvalue weighted by molar-refractivity contribution is -0.161. The fraction of sp³-hybridized carbons (Fsp3) is 0.433. The molecule has 4 saturated carbocycles. The smallest absolute Gasteiger partial charge is 0.317 e. The molecular weight excluding hydrogens is 582 g/mol. The van der Waals surface area contributed by atoms with Gasteiger partial charge in [0, 0.05) is 0 Å². The first-order valence-corrected chi connectivity index (χ1v) is 15.1. The number of hydrogen-bond donors (Lipinski definition) is 0. The first-order valence-electron chi connectivity index (χ1n) is 13.1. The van der Waals surface area contributed by atoms with Crippen LogP contribution in [0.2, 0.25) is 0 Å². The Morgan fingerprint density at radius 3 is 2.37 bits per heavy atom. The van der Waals surface area contributed by atoms with Crippen molar-refractivity contribution in [3.63, 3.8) is 0 Å². The molecule has 1 amide bonds. The molecule has 0 unspecified atom stereocenters. The average Bonchev–Trinajstić information content (AvgIpc) is 3.12. The normalized spacial score (nSPS) is 28.9. The number of halogens is 1. The summed E-state index contributed by atoms with van der Waals surface area (Å²) in [6, 6.07) is 9.62. The zero-order valence-electron chi connectivity index (χ0n) is 21.7. The molecule has 4 bridgehead atoms. The lowest BCUT2D eigenvalue weighted by Crippen LogP contribution is -2.51. The van der Waals surface area contributed by atoms with E-state index in [9.17, 15) is 9.59 Å². The second-order valence-corrected chi connectivity index (χ2v) is 14.0. The van der Waals surface area contributed by atoms with E-state index < -0.39 is 0 Å². The molecule has 0 radical (unpaired) electrons. The van der Waals surface area contributed by atoms with Crippen LogP contribution in [0.3, 0.4) is 0 Å². The highest BCUT2D eigenvalue weighted by Gasteiger charge is 2.55. The van der Waals surface area contributed by atoms with Crippen LogP contribution in [0.4, 0.5) is 5.69 Å². The molecule has 38 heavy (non-hydrogen) atoms. The Morgan fingerprint density at radius 2 is 1.76 bits per heavy atom. The highest BCUT2D eigenvalue weighted by Crippen LogP contribution is 2.60. The second kappa shape index (κ2) is 9.79. The number of methoxy groups -OCH3 is 1. The Bertz CT molecular complexity index is 1370. The molecule has 198 valence electrons. The number of amides is 1. The van der Waals surface area contributed by atoms with Crippen molar-refractivity contribution in [1.29, 1.82) is 0 Å². The van der Waals surface area contributed by atoms with Crippen LogP contribution in [-0.4, -0.2) is 23.3 Å². The van der Waals surface area contributed by atoms with Crippen LogP contribution >= 0.6 is 39.9 Å². The molecule has 1 aliphatic heterocycles. The number of ether oxygens (including phenoxy) is 2. The van der Waals surface area contributed by atoms with Crippen LogP contribution in [-0.2, 0) is 9.59 Å². The molecule has 8 heteroatoms. The average molecular weight is 613 g/mol. The van der Waals surface area contributed by atoms with Gasteiger partial charge in [0.25, 0.3) is 5.91 Å². The van der Waals surface area contributed by atoms with Crippen molar-refractivity contribution >= 4 is 67.9 Å². The summed E-state index contributed by atoms with van der Waals surface area (Å²) in [5, 5.41) is 0. The van der Waals surface area contributed by atoms with E-state index in [2.05, 4.69) is 15.9 Å². The van der Waals surface area contributed by atoms with Crippen molar-refractivity contribution in [2.45, 2.75) is 52.4 Å². The Labute approximate surface area is 241 Å². The van der Waals surface area contributed by atoms with E-state index in [-0.39, 0.29) is 17.3 Å². The quantitative estimate of drug-likeness (QED) is 0.150. The molecule has 5 fully saturated rings. The summed E-state index contributed by atoms with van der Waals surface area (Å²) in [6.45, 7) is 4.01. The van der Waals surface area contributed by atoms with Crippen molar-refractivity contribution < 1.29 is 19.1 Å². The van der Waals surface area contributed by atoms with E-state index >= 15 is 0 Å². The zero-order valence-corrected chi connectivity index (χ0v) is 24.9. The minimum absolute atomic E-state index is 0.127. The van der Waals surface area contributed by atoms with Gasteiger partial charge in [-0.1, -0.05) is 41.7 Å². The number of carbonyl (C=O) groups is 2. The Balaban J connectivity index is 1.25. The van der Waals surface area contributed by atoms with Gasteiger partial charge in [-0.2, -0.15) is 0 Å². The van der Waals surface area contributed by atoms with Crippen molar-refractivity contribution in [2.75, 3.05) is 12.0 Å². The fourth-order valence-electron chi connectivity index (χ4n) is 7.37. The van der Waals surface area contributed by atoms with Crippen molar-refractivity contribution in [3.8, 4) is 11.5 Å². The number of aryl methyl sites for hydroxylation is 2. The molecule has 5 aliphatic rings. The number of carbonyl (C=O) groups excluding carboxylic acids is 2. The summed E-state index contributed by atoms with van der Waals surface area (Å²) in [7, 11) is 1.56. The van der Waals surface area contributed by atoms with E-state index in [1.54, 1.807) is 24.2 Å². The first-order chi connectivity index (χ1) is 18.2. The van der Waals surface area contributed by atoms with Crippen LogP contribution in [0.25, 0.3) is 6.08 Å². The summed E-state index contributed by atoms with van der Waals surface area (Å²) in [5.74, 6) is 2.54. The molecule has 4 aliphatic carbocycles. The molecule has 7 rings (SSSR count). The molecule has 1 heterocycles. The molecule has 2 aromatic carbocycles. The molecular formula is C30H30BrNO4S2. The van der Waals surface area contributed by atoms with E-state index in [1.165, 1.54) is 31.0 Å². The van der Waals surface area contributed by atoms with E-state index in [0.717, 1.165) is 41.6 Å². The van der Waals surface area contributed by atoms with Gasteiger partial charge in [-0.25, -0.2) is 0 Å². The van der Waals surface area contributed by atoms with Gasteiger partial charge in [-0.3, -0.25) is 14.5 Å². The molecule has 5 nitrogen and oxygen atoms in total.